The van der Waals surface area contributed by atoms with Crippen molar-refractivity contribution in [1.82, 2.24) is 5.32 Å². The minimum Gasteiger partial charge on any atom is -0.495 e. The summed E-state index contributed by atoms with van der Waals surface area (Å²) in [7, 11) is -0.519. The Morgan fingerprint density at radius 2 is 1.74 bits per heavy atom. The standard InChI is InChI=1S/C15H17N3O3S2/c1-16-15(22)17-11-7-9-12(10-8-11)23(19,20)18-13-5-3-4-6-14(13)21-2/h3-10,18H,1-2H3,(H2,16,17,22). The Balaban J connectivity index is 2.21. The summed E-state index contributed by atoms with van der Waals surface area (Å²) in [4.78, 5) is 0.143. The number of sulfonamides is 1. The highest BCUT2D eigenvalue weighted by Crippen LogP contribution is 2.26. The van der Waals surface area contributed by atoms with Gasteiger partial charge >= 0.3 is 0 Å². The lowest BCUT2D eigenvalue weighted by molar-refractivity contribution is 0.417. The van der Waals surface area contributed by atoms with Gasteiger partial charge in [-0.2, -0.15) is 0 Å². The topological polar surface area (TPSA) is 79.5 Å². The van der Waals surface area contributed by atoms with E-state index >= 15 is 0 Å². The predicted molar refractivity (Wildman–Crippen MR) is 95.5 cm³/mol. The van der Waals surface area contributed by atoms with Crippen LogP contribution < -0.4 is 20.1 Å². The largest absolute Gasteiger partial charge is 0.495 e. The van der Waals surface area contributed by atoms with Crippen LogP contribution >= 0.6 is 12.2 Å². The number of methoxy groups -OCH3 is 1. The Hall–Kier alpha value is -2.32. The average Bonchev–Trinajstić information content (AvgIpc) is 2.55. The molecule has 23 heavy (non-hydrogen) atoms. The number of rotatable bonds is 5. The Labute approximate surface area is 140 Å². The summed E-state index contributed by atoms with van der Waals surface area (Å²) in [5.41, 5.74) is 1.08. The third kappa shape index (κ3) is 4.33. The SMILES string of the molecule is CNC(=S)Nc1ccc(S(=O)(=O)Nc2ccccc2OC)cc1. The molecule has 2 aromatic rings. The van der Waals surface area contributed by atoms with Crippen LogP contribution in [0.2, 0.25) is 0 Å². The summed E-state index contributed by atoms with van der Waals surface area (Å²) >= 11 is 4.99. The fourth-order valence-electron chi connectivity index (χ4n) is 1.84. The van der Waals surface area contributed by atoms with E-state index < -0.39 is 10.0 Å². The minimum absolute atomic E-state index is 0.143. The summed E-state index contributed by atoms with van der Waals surface area (Å²) in [6.45, 7) is 0. The Bertz CT molecular complexity index is 790. The molecule has 0 unspecified atom stereocenters. The van der Waals surface area contributed by atoms with E-state index in [0.29, 0.717) is 22.2 Å². The summed E-state index contributed by atoms with van der Waals surface area (Å²) < 4.78 is 32.5. The molecule has 0 saturated heterocycles. The van der Waals surface area contributed by atoms with Crippen molar-refractivity contribution in [3.8, 4) is 5.75 Å². The van der Waals surface area contributed by atoms with Crippen LogP contribution in [0.25, 0.3) is 0 Å². The average molecular weight is 351 g/mol. The molecule has 0 aliphatic carbocycles. The molecule has 0 amide bonds. The highest BCUT2D eigenvalue weighted by Gasteiger charge is 2.16. The first-order valence-corrected chi connectivity index (χ1v) is 8.60. The summed E-state index contributed by atoms with van der Waals surface area (Å²) in [5.74, 6) is 0.453. The normalized spacial score (nSPS) is 10.7. The molecular formula is C15H17N3O3S2. The maximum absolute atomic E-state index is 12.4. The molecule has 8 heteroatoms. The summed E-state index contributed by atoms with van der Waals surface area (Å²) in [6.07, 6.45) is 0. The van der Waals surface area contributed by atoms with Crippen molar-refractivity contribution in [1.29, 1.82) is 0 Å². The fraction of sp³-hybridized carbons (Fsp3) is 0.133. The quantitative estimate of drug-likeness (QED) is 0.718. The minimum atomic E-state index is -3.70. The van der Waals surface area contributed by atoms with Gasteiger partial charge in [0.15, 0.2) is 5.11 Å². The molecule has 2 rings (SSSR count). The monoisotopic (exact) mass is 351 g/mol. The first-order chi connectivity index (χ1) is 11.0. The van der Waals surface area contributed by atoms with Gasteiger partial charge in [0, 0.05) is 12.7 Å². The van der Waals surface area contributed by atoms with Crippen molar-refractivity contribution in [2.75, 3.05) is 24.2 Å². The zero-order valence-corrected chi connectivity index (χ0v) is 14.3. The van der Waals surface area contributed by atoms with E-state index in [1.165, 1.54) is 19.2 Å². The molecular weight excluding hydrogens is 334 g/mol. The van der Waals surface area contributed by atoms with Gasteiger partial charge in [0.1, 0.15) is 5.75 Å². The van der Waals surface area contributed by atoms with Gasteiger partial charge in [-0.25, -0.2) is 8.42 Å². The van der Waals surface area contributed by atoms with Gasteiger partial charge in [-0.05, 0) is 48.6 Å². The number of hydrogen-bond acceptors (Lipinski definition) is 4. The third-order valence-electron chi connectivity index (χ3n) is 3.00. The van der Waals surface area contributed by atoms with Crippen molar-refractivity contribution in [2.24, 2.45) is 0 Å². The van der Waals surface area contributed by atoms with Crippen LogP contribution in [0.5, 0.6) is 5.75 Å². The van der Waals surface area contributed by atoms with Crippen LogP contribution in [0.3, 0.4) is 0 Å². The summed E-state index contributed by atoms with van der Waals surface area (Å²) in [5, 5.41) is 6.15. The lowest BCUT2D eigenvalue weighted by atomic mass is 10.3. The first-order valence-electron chi connectivity index (χ1n) is 6.71. The first kappa shape index (κ1) is 17.0. The zero-order valence-electron chi connectivity index (χ0n) is 12.7. The van der Waals surface area contributed by atoms with Gasteiger partial charge in [0.25, 0.3) is 10.0 Å². The van der Waals surface area contributed by atoms with E-state index in [1.807, 2.05) is 0 Å². The third-order valence-corrected chi connectivity index (χ3v) is 4.69. The van der Waals surface area contributed by atoms with Gasteiger partial charge < -0.3 is 15.4 Å². The predicted octanol–water partition coefficient (Wildman–Crippen LogP) is 2.41. The van der Waals surface area contributed by atoms with Gasteiger partial charge in [0.2, 0.25) is 0 Å². The van der Waals surface area contributed by atoms with Crippen molar-refractivity contribution in [2.45, 2.75) is 4.90 Å². The number of ether oxygens (including phenoxy) is 1. The van der Waals surface area contributed by atoms with E-state index in [2.05, 4.69) is 15.4 Å². The molecule has 6 nitrogen and oxygen atoms in total. The van der Waals surface area contributed by atoms with Crippen molar-refractivity contribution in [3.63, 3.8) is 0 Å². The molecule has 0 heterocycles. The highest BCUT2D eigenvalue weighted by molar-refractivity contribution is 7.92. The molecule has 0 aliphatic rings. The van der Waals surface area contributed by atoms with Crippen molar-refractivity contribution < 1.29 is 13.2 Å². The van der Waals surface area contributed by atoms with Gasteiger partial charge in [-0.1, -0.05) is 12.1 Å². The second kappa shape index (κ2) is 7.30. The number of thiocarbonyl (C=S) groups is 1. The number of benzene rings is 2. The number of para-hydroxylation sites is 2. The molecule has 0 radical (unpaired) electrons. The lowest BCUT2D eigenvalue weighted by Crippen LogP contribution is -2.24. The number of hydrogen-bond donors (Lipinski definition) is 3. The van der Waals surface area contributed by atoms with Gasteiger partial charge in [0.05, 0.1) is 17.7 Å². The smallest absolute Gasteiger partial charge is 0.262 e. The molecule has 0 bridgehead atoms. The van der Waals surface area contributed by atoms with E-state index in [0.717, 1.165) is 0 Å². The molecule has 0 spiro atoms. The molecule has 0 fully saturated rings. The molecule has 0 aromatic heterocycles. The fourth-order valence-corrected chi connectivity index (χ4v) is 3.03. The van der Waals surface area contributed by atoms with E-state index in [-0.39, 0.29) is 4.90 Å². The number of nitrogens with one attached hydrogen (secondary N) is 3. The second-order valence-corrected chi connectivity index (χ2v) is 6.62. The van der Waals surface area contributed by atoms with Crippen LogP contribution in [0.15, 0.2) is 53.4 Å². The van der Waals surface area contributed by atoms with Crippen LogP contribution in [0, 0.1) is 0 Å². The van der Waals surface area contributed by atoms with Crippen LogP contribution in [0.1, 0.15) is 0 Å². The maximum atomic E-state index is 12.4. The van der Waals surface area contributed by atoms with Crippen LogP contribution in [-0.4, -0.2) is 27.7 Å². The Kier molecular flexibility index (Phi) is 5.41. The molecule has 122 valence electrons. The van der Waals surface area contributed by atoms with Crippen molar-refractivity contribution in [3.05, 3.63) is 48.5 Å². The molecule has 0 saturated carbocycles. The van der Waals surface area contributed by atoms with E-state index in [1.54, 1.807) is 43.4 Å². The van der Waals surface area contributed by atoms with Crippen molar-refractivity contribution >= 4 is 38.7 Å². The maximum Gasteiger partial charge on any atom is 0.262 e. The molecule has 3 N–H and O–H groups in total. The van der Waals surface area contributed by atoms with E-state index in [4.69, 9.17) is 17.0 Å². The van der Waals surface area contributed by atoms with Crippen LogP contribution in [0.4, 0.5) is 11.4 Å². The molecule has 2 aromatic carbocycles. The number of anilines is 2. The van der Waals surface area contributed by atoms with E-state index in [9.17, 15) is 8.42 Å². The van der Waals surface area contributed by atoms with Crippen LogP contribution in [-0.2, 0) is 10.0 Å². The lowest BCUT2D eigenvalue weighted by Gasteiger charge is -2.12. The highest BCUT2D eigenvalue weighted by atomic mass is 32.2. The summed E-state index contributed by atoms with van der Waals surface area (Å²) in [6, 6.07) is 13.1. The molecule has 0 aliphatic heterocycles. The zero-order chi connectivity index (χ0) is 16.9. The van der Waals surface area contributed by atoms with Gasteiger partial charge in [-0.3, -0.25) is 4.72 Å². The Morgan fingerprint density at radius 3 is 2.35 bits per heavy atom. The second-order valence-electron chi connectivity index (χ2n) is 4.53. The molecule has 0 atom stereocenters. The van der Waals surface area contributed by atoms with Gasteiger partial charge in [-0.15, -0.1) is 0 Å². The Morgan fingerprint density at radius 1 is 1.09 bits per heavy atom.